The molecule has 2 aliphatic rings. The largest absolute Gasteiger partial charge is 0.487 e. The molecule has 1 aliphatic carbocycles. The first-order valence-corrected chi connectivity index (χ1v) is 24.4. The van der Waals surface area contributed by atoms with Crippen LogP contribution in [-0.4, -0.2) is 146 Å². The van der Waals surface area contributed by atoms with Gasteiger partial charge in [0.05, 0.1) is 60.0 Å². The maximum absolute atomic E-state index is 14.2. The van der Waals surface area contributed by atoms with Crippen molar-refractivity contribution in [2.75, 3.05) is 93.0 Å². The number of esters is 1. The molecule has 0 saturated carbocycles. The van der Waals surface area contributed by atoms with Crippen molar-refractivity contribution in [1.82, 2.24) is 21.3 Å². The Morgan fingerprint density at radius 2 is 1.03 bits per heavy atom. The molecule has 19 nitrogen and oxygen atoms in total. The standard InChI is InChI=1S/C54H68N4O15/c1-36(56-52(63)73-35-43-41-15-9-7-13-39(41)40-14-8-10-16-42(40)43)48(59)57-53(3,4)50(61)58-54(5,51(62)55-37(2)49(60)64-6)34-38-19-20-46-47(33-38)72-32-28-68-24-23-66-26-30-70-45-18-12-11-17-44(45)69-29-25-65-21-22-67-27-31-71-46/h7-20,33,36-37,43H,21-32,34-35H2,1-6H3,(H,55,62)(H,56,63)(H,57,59)(H,58,61)/t36-,37-,54-/m0/s1. The van der Waals surface area contributed by atoms with Crippen LogP contribution >= 0.6 is 0 Å². The quantitative estimate of drug-likeness (QED) is 0.139. The zero-order chi connectivity index (χ0) is 52.2. The average molecular weight is 1010 g/mol. The summed E-state index contributed by atoms with van der Waals surface area (Å²) in [6.07, 6.45) is -0.927. The van der Waals surface area contributed by atoms with Gasteiger partial charge in [-0.05, 0) is 86.7 Å². The van der Waals surface area contributed by atoms with E-state index >= 15 is 0 Å². The van der Waals surface area contributed by atoms with Gasteiger partial charge in [-0.2, -0.15) is 0 Å². The lowest BCUT2D eigenvalue weighted by atomic mass is 9.89. The highest BCUT2D eigenvalue weighted by atomic mass is 16.6. The minimum Gasteiger partial charge on any atom is -0.487 e. The van der Waals surface area contributed by atoms with E-state index in [9.17, 15) is 24.0 Å². The molecule has 19 heteroatoms. The molecule has 1 aliphatic heterocycles. The summed E-state index contributed by atoms with van der Waals surface area (Å²) in [4.78, 5) is 67.4. The van der Waals surface area contributed by atoms with Crippen LogP contribution in [0.4, 0.5) is 4.79 Å². The molecule has 0 unspecified atom stereocenters. The van der Waals surface area contributed by atoms with Crippen LogP contribution in [0.15, 0.2) is 91.0 Å². The number of alkyl carbamates (subject to hydrolysis) is 1. The fourth-order valence-electron chi connectivity index (χ4n) is 8.01. The smallest absolute Gasteiger partial charge is 0.407 e. The third-order valence-corrected chi connectivity index (χ3v) is 12.0. The van der Waals surface area contributed by atoms with Gasteiger partial charge in [0.1, 0.15) is 56.2 Å². The number of ether oxygens (including phenoxy) is 10. The van der Waals surface area contributed by atoms with Crippen LogP contribution in [0.1, 0.15) is 57.2 Å². The summed E-state index contributed by atoms with van der Waals surface area (Å²) in [5.41, 5.74) is 1.41. The molecular formula is C54H68N4O15. The number of rotatable bonds is 12. The highest BCUT2D eigenvalue weighted by molar-refractivity contribution is 5.98. The van der Waals surface area contributed by atoms with Gasteiger partial charge in [-0.1, -0.05) is 66.7 Å². The number of para-hydroxylation sites is 2. The molecule has 0 bridgehead atoms. The van der Waals surface area contributed by atoms with E-state index in [-0.39, 0.29) is 45.4 Å². The van der Waals surface area contributed by atoms with Gasteiger partial charge in [0, 0.05) is 12.3 Å². The number of fused-ring (bicyclic) bond motifs is 5. The Balaban J connectivity index is 1.08. The van der Waals surface area contributed by atoms with Crippen LogP contribution < -0.4 is 40.2 Å². The Morgan fingerprint density at radius 1 is 0.562 bits per heavy atom. The Bertz CT molecular complexity index is 2440. The number of nitrogens with one attached hydrogen (secondary N) is 4. The lowest BCUT2D eigenvalue weighted by Gasteiger charge is -2.35. The molecule has 0 fully saturated rings. The molecule has 4 aromatic rings. The molecular weight excluding hydrogens is 945 g/mol. The molecule has 394 valence electrons. The predicted molar refractivity (Wildman–Crippen MR) is 268 cm³/mol. The molecule has 73 heavy (non-hydrogen) atoms. The van der Waals surface area contributed by atoms with E-state index < -0.39 is 52.9 Å². The zero-order valence-electron chi connectivity index (χ0n) is 42.4. The van der Waals surface area contributed by atoms with Crippen LogP contribution in [0.3, 0.4) is 0 Å². The number of hydrogen-bond donors (Lipinski definition) is 4. The third kappa shape index (κ3) is 16.0. The minimum absolute atomic E-state index is 0.0425. The minimum atomic E-state index is -1.73. The maximum atomic E-state index is 14.2. The van der Waals surface area contributed by atoms with Crippen molar-refractivity contribution in [3.8, 4) is 34.1 Å². The van der Waals surface area contributed by atoms with Gasteiger partial charge >= 0.3 is 12.1 Å². The molecule has 6 rings (SSSR count). The zero-order valence-corrected chi connectivity index (χ0v) is 42.4. The molecule has 4 aromatic carbocycles. The van der Waals surface area contributed by atoms with Gasteiger partial charge in [-0.15, -0.1) is 0 Å². The van der Waals surface area contributed by atoms with Gasteiger partial charge in [-0.3, -0.25) is 14.4 Å². The van der Waals surface area contributed by atoms with Crippen molar-refractivity contribution in [2.45, 2.75) is 70.1 Å². The summed E-state index contributed by atoms with van der Waals surface area (Å²) in [5, 5.41) is 10.7. The van der Waals surface area contributed by atoms with Gasteiger partial charge < -0.3 is 68.6 Å². The van der Waals surface area contributed by atoms with Crippen LogP contribution in [-0.2, 0) is 54.0 Å². The van der Waals surface area contributed by atoms with Crippen LogP contribution in [0.2, 0.25) is 0 Å². The molecule has 0 spiro atoms. The number of hydrogen-bond acceptors (Lipinski definition) is 15. The monoisotopic (exact) mass is 1010 g/mol. The summed E-state index contributed by atoms with van der Waals surface area (Å²) in [6.45, 7) is 10.7. The van der Waals surface area contributed by atoms with Crippen molar-refractivity contribution in [2.24, 2.45) is 0 Å². The van der Waals surface area contributed by atoms with Gasteiger partial charge in [-0.25, -0.2) is 9.59 Å². The highest BCUT2D eigenvalue weighted by Crippen LogP contribution is 2.44. The third-order valence-electron chi connectivity index (χ3n) is 12.0. The van der Waals surface area contributed by atoms with E-state index in [4.69, 9.17) is 47.4 Å². The van der Waals surface area contributed by atoms with Crippen LogP contribution in [0.5, 0.6) is 23.0 Å². The van der Waals surface area contributed by atoms with Crippen molar-refractivity contribution >= 4 is 29.8 Å². The molecule has 1 heterocycles. The summed E-state index contributed by atoms with van der Waals surface area (Å²) < 4.78 is 57.3. The molecule has 3 atom stereocenters. The van der Waals surface area contributed by atoms with Crippen LogP contribution in [0.25, 0.3) is 11.1 Å². The molecule has 4 amide bonds. The van der Waals surface area contributed by atoms with E-state index in [0.29, 0.717) is 81.4 Å². The summed E-state index contributed by atoms with van der Waals surface area (Å²) >= 11 is 0. The molecule has 4 N–H and O–H groups in total. The maximum Gasteiger partial charge on any atom is 0.407 e. The second-order valence-electron chi connectivity index (χ2n) is 18.1. The Kier molecular flexibility index (Phi) is 20.6. The first-order chi connectivity index (χ1) is 35.2. The predicted octanol–water partition coefficient (Wildman–Crippen LogP) is 4.90. The number of amides is 4. The fraction of sp³-hybridized carbons (Fsp3) is 0.463. The highest BCUT2D eigenvalue weighted by Gasteiger charge is 2.42. The van der Waals surface area contributed by atoms with E-state index in [0.717, 1.165) is 22.3 Å². The second kappa shape index (κ2) is 27.2. The Labute approximate surface area is 426 Å². The average Bonchev–Trinajstić information content (AvgIpc) is 3.70. The second-order valence-corrected chi connectivity index (χ2v) is 18.1. The van der Waals surface area contributed by atoms with E-state index in [1.54, 1.807) is 18.2 Å². The van der Waals surface area contributed by atoms with Gasteiger partial charge in [0.25, 0.3) is 0 Å². The summed E-state index contributed by atoms with van der Waals surface area (Å²) in [7, 11) is 1.19. The Morgan fingerprint density at radius 3 is 1.55 bits per heavy atom. The van der Waals surface area contributed by atoms with E-state index in [1.807, 2.05) is 72.8 Å². The number of carbonyl (C=O) groups excluding carboxylic acids is 5. The molecule has 0 aromatic heterocycles. The first kappa shape index (κ1) is 55.4. The van der Waals surface area contributed by atoms with Gasteiger partial charge in [0.15, 0.2) is 23.0 Å². The lowest BCUT2D eigenvalue weighted by molar-refractivity contribution is -0.146. The fourth-order valence-corrected chi connectivity index (χ4v) is 8.01. The van der Waals surface area contributed by atoms with Crippen molar-refractivity contribution < 1.29 is 71.3 Å². The van der Waals surface area contributed by atoms with E-state index in [1.165, 1.54) is 41.7 Å². The van der Waals surface area contributed by atoms with Crippen molar-refractivity contribution in [3.05, 3.63) is 108 Å². The SMILES string of the molecule is COC(=O)[C@H](C)NC(=O)[C@](C)(Cc1ccc2c(c1)OCCOCCOCCOc1ccccc1OCCOCCOCCO2)NC(=O)C(C)(C)NC(=O)[C@H](C)NC(=O)OCC1c2ccccc2-c2ccccc21. The topological polar surface area (TPSA) is 226 Å². The lowest BCUT2D eigenvalue weighted by Crippen LogP contribution is -2.66. The molecule has 0 saturated heterocycles. The van der Waals surface area contributed by atoms with E-state index in [2.05, 4.69) is 21.3 Å². The first-order valence-electron chi connectivity index (χ1n) is 24.4. The van der Waals surface area contributed by atoms with Gasteiger partial charge in [0.2, 0.25) is 17.7 Å². The molecule has 0 radical (unpaired) electrons. The Hall–Kier alpha value is -6.93. The summed E-state index contributed by atoms with van der Waals surface area (Å²) in [6, 6.07) is 26.1. The summed E-state index contributed by atoms with van der Waals surface area (Å²) in [5.74, 6) is -1.10. The van der Waals surface area contributed by atoms with Crippen molar-refractivity contribution in [1.29, 1.82) is 0 Å². The number of carbonyl (C=O) groups is 5. The normalized spacial score (nSPS) is 16.8. The number of methoxy groups -OCH3 is 1. The van der Waals surface area contributed by atoms with Crippen molar-refractivity contribution in [3.63, 3.8) is 0 Å². The number of benzene rings is 4. The van der Waals surface area contributed by atoms with Crippen LogP contribution in [0, 0.1) is 0 Å².